The summed E-state index contributed by atoms with van der Waals surface area (Å²) in [7, 11) is 0. The number of nitrogens with one attached hydrogen (secondary N) is 1. The highest BCUT2D eigenvalue weighted by Crippen LogP contribution is 2.23. The lowest BCUT2D eigenvalue weighted by molar-refractivity contribution is 0.743. The molecule has 1 aromatic rings. The molecule has 84 valence electrons. The fraction of sp³-hybridized carbons (Fsp3) is 0.538. The van der Waals surface area contributed by atoms with Gasteiger partial charge in [0, 0.05) is 17.9 Å². The van der Waals surface area contributed by atoms with Crippen LogP contribution in [0.25, 0.3) is 0 Å². The van der Waals surface area contributed by atoms with Gasteiger partial charge in [0.15, 0.2) is 0 Å². The number of hydrogen-bond acceptors (Lipinski definition) is 2. The molecule has 1 rings (SSSR count). The molecule has 0 unspecified atom stereocenters. The summed E-state index contributed by atoms with van der Waals surface area (Å²) in [4.78, 5) is 0. The summed E-state index contributed by atoms with van der Waals surface area (Å²) in [6.45, 7) is 7.46. The van der Waals surface area contributed by atoms with E-state index in [-0.39, 0.29) is 0 Å². The summed E-state index contributed by atoms with van der Waals surface area (Å²) in [6.07, 6.45) is 3.79. The van der Waals surface area contributed by atoms with E-state index in [1.54, 1.807) is 0 Å². The molecule has 0 spiro atoms. The molecule has 0 heterocycles. The van der Waals surface area contributed by atoms with Crippen LogP contribution in [-0.2, 0) is 0 Å². The quantitative estimate of drug-likeness (QED) is 0.571. The van der Waals surface area contributed by atoms with Crippen molar-refractivity contribution in [1.82, 2.24) is 0 Å². The van der Waals surface area contributed by atoms with Gasteiger partial charge in [-0.2, -0.15) is 0 Å². The van der Waals surface area contributed by atoms with Crippen molar-refractivity contribution in [1.29, 1.82) is 0 Å². The minimum atomic E-state index is 0.881. The van der Waals surface area contributed by atoms with Crippen molar-refractivity contribution in [2.24, 2.45) is 0 Å². The van der Waals surface area contributed by atoms with Gasteiger partial charge in [-0.15, -0.1) is 0 Å². The standard InChI is InChI=1S/C13H22N2/c1-4-5-6-9-15-13-8-7-12(14)10(2)11(13)3/h7-8,15H,4-6,9,14H2,1-3H3. The van der Waals surface area contributed by atoms with Crippen LogP contribution in [0.3, 0.4) is 0 Å². The average Bonchev–Trinajstić information content (AvgIpc) is 2.24. The molecule has 0 saturated carbocycles. The molecule has 0 saturated heterocycles. The Balaban J connectivity index is 2.58. The topological polar surface area (TPSA) is 38.0 Å². The Morgan fingerprint density at radius 2 is 1.87 bits per heavy atom. The number of hydrogen-bond donors (Lipinski definition) is 2. The normalized spacial score (nSPS) is 10.3. The lowest BCUT2D eigenvalue weighted by Gasteiger charge is -2.12. The second-order valence-corrected chi connectivity index (χ2v) is 4.09. The van der Waals surface area contributed by atoms with Crippen molar-refractivity contribution in [3.8, 4) is 0 Å². The van der Waals surface area contributed by atoms with Crippen LogP contribution in [0, 0.1) is 13.8 Å². The third kappa shape index (κ3) is 3.15. The summed E-state index contributed by atoms with van der Waals surface area (Å²) in [5.74, 6) is 0. The molecule has 0 bridgehead atoms. The van der Waals surface area contributed by atoms with Gasteiger partial charge in [0.1, 0.15) is 0 Å². The Labute approximate surface area is 92.9 Å². The summed E-state index contributed by atoms with van der Waals surface area (Å²) in [6, 6.07) is 4.05. The van der Waals surface area contributed by atoms with Crippen LogP contribution >= 0.6 is 0 Å². The molecule has 0 atom stereocenters. The van der Waals surface area contributed by atoms with Gasteiger partial charge in [-0.3, -0.25) is 0 Å². The first-order chi connectivity index (χ1) is 7.16. The molecule has 2 heteroatoms. The smallest absolute Gasteiger partial charge is 0.0374 e. The van der Waals surface area contributed by atoms with Crippen LogP contribution in [0.15, 0.2) is 12.1 Å². The first-order valence-corrected chi connectivity index (χ1v) is 5.76. The highest BCUT2D eigenvalue weighted by Gasteiger charge is 2.02. The molecule has 0 aliphatic heterocycles. The van der Waals surface area contributed by atoms with E-state index in [2.05, 4.69) is 32.2 Å². The molecule has 0 fully saturated rings. The van der Waals surface area contributed by atoms with Crippen molar-refractivity contribution in [2.75, 3.05) is 17.6 Å². The van der Waals surface area contributed by atoms with Gasteiger partial charge in [0.25, 0.3) is 0 Å². The number of benzene rings is 1. The third-order valence-corrected chi connectivity index (χ3v) is 2.92. The number of anilines is 2. The lowest BCUT2D eigenvalue weighted by atomic mass is 10.1. The maximum Gasteiger partial charge on any atom is 0.0374 e. The molecular weight excluding hydrogens is 184 g/mol. The van der Waals surface area contributed by atoms with Crippen molar-refractivity contribution < 1.29 is 0 Å². The lowest BCUT2D eigenvalue weighted by Crippen LogP contribution is -2.04. The summed E-state index contributed by atoms with van der Waals surface area (Å²) < 4.78 is 0. The molecule has 0 radical (unpaired) electrons. The highest BCUT2D eigenvalue weighted by molar-refractivity contribution is 5.62. The first kappa shape index (κ1) is 11.9. The van der Waals surface area contributed by atoms with Crippen molar-refractivity contribution >= 4 is 11.4 Å². The van der Waals surface area contributed by atoms with Crippen molar-refractivity contribution in [2.45, 2.75) is 40.0 Å². The number of nitrogen functional groups attached to an aromatic ring is 1. The third-order valence-electron chi connectivity index (χ3n) is 2.92. The fourth-order valence-corrected chi connectivity index (χ4v) is 1.63. The van der Waals surface area contributed by atoms with Crippen LogP contribution in [0.5, 0.6) is 0 Å². The predicted octanol–water partition coefficient (Wildman–Crippen LogP) is 3.49. The Bertz CT molecular complexity index is 319. The van der Waals surface area contributed by atoms with Crippen LogP contribution in [0.2, 0.25) is 0 Å². The van der Waals surface area contributed by atoms with Crippen LogP contribution in [-0.4, -0.2) is 6.54 Å². The average molecular weight is 206 g/mol. The number of rotatable bonds is 5. The van der Waals surface area contributed by atoms with Gasteiger partial charge >= 0.3 is 0 Å². The summed E-state index contributed by atoms with van der Waals surface area (Å²) in [5.41, 5.74) is 10.4. The van der Waals surface area contributed by atoms with E-state index >= 15 is 0 Å². The van der Waals surface area contributed by atoms with E-state index in [9.17, 15) is 0 Å². The first-order valence-electron chi connectivity index (χ1n) is 5.76. The second-order valence-electron chi connectivity index (χ2n) is 4.09. The fourth-order valence-electron chi connectivity index (χ4n) is 1.63. The molecule has 1 aromatic carbocycles. The van der Waals surface area contributed by atoms with Gasteiger partial charge in [-0.1, -0.05) is 19.8 Å². The van der Waals surface area contributed by atoms with Crippen molar-refractivity contribution in [3.05, 3.63) is 23.3 Å². The van der Waals surface area contributed by atoms with Gasteiger partial charge in [0.2, 0.25) is 0 Å². The van der Waals surface area contributed by atoms with Gasteiger partial charge < -0.3 is 11.1 Å². The van der Waals surface area contributed by atoms with Gasteiger partial charge in [0.05, 0.1) is 0 Å². The minimum absolute atomic E-state index is 0.881. The van der Waals surface area contributed by atoms with Gasteiger partial charge in [-0.05, 0) is 43.5 Å². The molecule has 15 heavy (non-hydrogen) atoms. The monoisotopic (exact) mass is 206 g/mol. The molecule has 0 aromatic heterocycles. The Hall–Kier alpha value is -1.18. The summed E-state index contributed by atoms with van der Waals surface area (Å²) in [5, 5.41) is 3.46. The van der Waals surface area contributed by atoms with E-state index in [1.165, 1.54) is 36.1 Å². The Kier molecular flexibility index (Phi) is 4.47. The van der Waals surface area contributed by atoms with Crippen molar-refractivity contribution in [3.63, 3.8) is 0 Å². The van der Waals surface area contributed by atoms with Crippen LogP contribution in [0.4, 0.5) is 11.4 Å². The Morgan fingerprint density at radius 1 is 1.13 bits per heavy atom. The van der Waals surface area contributed by atoms with E-state index in [0.717, 1.165) is 12.2 Å². The SMILES string of the molecule is CCCCCNc1ccc(N)c(C)c1C. The van der Waals surface area contributed by atoms with Crippen LogP contribution in [0.1, 0.15) is 37.3 Å². The largest absolute Gasteiger partial charge is 0.399 e. The molecule has 2 nitrogen and oxygen atoms in total. The van der Waals surface area contributed by atoms with Crippen LogP contribution < -0.4 is 11.1 Å². The summed E-state index contributed by atoms with van der Waals surface area (Å²) >= 11 is 0. The zero-order valence-electron chi connectivity index (χ0n) is 10.1. The zero-order valence-corrected chi connectivity index (χ0v) is 10.1. The molecule has 0 aliphatic rings. The number of nitrogens with two attached hydrogens (primary N) is 1. The molecule has 0 aliphatic carbocycles. The van der Waals surface area contributed by atoms with E-state index < -0.39 is 0 Å². The molecule has 3 N–H and O–H groups in total. The van der Waals surface area contributed by atoms with E-state index in [1.807, 2.05) is 6.07 Å². The van der Waals surface area contributed by atoms with Gasteiger partial charge in [-0.25, -0.2) is 0 Å². The zero-order chi connectivity index (χ0) is 11.3. The predicted molar refractivity (Wildman–Crippen MR) is 68.3 cm³/mol. The number of unbranched alkanes of at least 4 members (excludes halogenated alkanes) is 2. The highest BCUT2D eigenvalue weighted by atomic mass is 14.9. The maximum atomic E-state index is 5.84. The van der Waals surface area contributed by atoms with E-state index in [4.69, 9.17) is 5.73 Å². The minimum Gasteiger partial charge on any atom is -0.399 e. The molecule has 0 amide bonds. The maximum absolute atomic E-state index is 5.84. The second kappa shape index (κ2) is 5.64. The Morgan fingerprint density at radius 3 is 2.53 bits per heavy atom. The molecular formula is C13H22N2. The van der Waals surface area contributed by atoms with E-state index in [0.29, 0.717) is 0 Å².